The van der Waals surface area contributed by atoms with E-state index in [9.17, 15) is 4.79 Å². The second-order valence-corrected chi connectivity index (χ2v) is 7.28. The van der Waals surface area contributed by atoms with E-state index in [0.717, 1.165) is 32.6 Å². The quantitative estimate of drug-likeness (QED) is 0.865. The van der Waals surface area contributed by atoms with E-state index in [-0.39, 0.29) is 5.91 Å². The first-order valence-corrected chi connectivity index (χ1v) is 8.63. The van der Waals surface area contributed by atoms with E-state index in [2.05, 4.69) is 34.6 Å². The number of aromatic nitrogens is 2. The lowest BCUT2D eigenvalue weighted by atomic mass is 10.1. The molecule has 0 radical (unpaired) electrons. The van der Waals surface area contributed by atoms with Gasteiger partial charge < -0.3 is 4.90 Å². The monoisotopic (exact) mass is 316 g/mol. The Balaban J connectivity index is 1.29. The van der Waals surface area contributed by atoms with Crippen molar-refractivity contribution < 1.29 is 4.79 Å². The summed E-state index contributed by atoms with van der Waals surface area (Å²) in [6.45, 7) is 6.08. The predicted molar refractivity (Wildman–Crippen MR) is 85.9 cm³/mol. The van der Waals surface area contributed by atoms with Gasteiger partial charge in [-0.25, -0.2) is 0 Å². The number of aryl methyl sites for hydroxylation is 1. The van der Waals surface area contributed by atoms with Gasteiger partial charge >= 0.3 is 0 Å². The van der Waals surface area contributed by atoms with Crippen LogP contribution in [0, 0.1) is 6.92 Å². The molecule has 2 aromatic rings. The molecule has 2 aliphatic rings. The van der Waals surface area contributed by atoms with E-state index < -0.39 is 0 Å². The second kappa shape index (κ2) is 5.52. The van der Waals surface area contributed by atoms with Gasteiger partial charge in [0.15, 0.2) is 0 Å². The molecule has 5 nitrogen and oxygen atoms in total. The van der Waals surface area contributed by atoms with E-state index in [1.807, 2.05) is 27.1 Å². The number of amides is 1. The third-order valence-electron chi connectivity index (χ3n) is 4.56. The minimum atomic E-state index is 0.256. The normalized spacial score (nSPS) is 19.0. The predicted octanol–water partition coefficient (Wildman–Crippen LogP) is 1.69. The van der Waals surface area contributed by atoms with Crippen molar-refractivity contribution in [3.05, 3.63) is 39.8 Å². The summed E-state index contributed by atoms with van der Waals surface area (Å²) in [5, 5.41) is 6.49. The topological polar surface area (TPSA) is 41.4 Å². The minimum absolute atomic E-state index is 0.256. The fraction of sp³-hybridized carbons (Fsp3) is 0.500. The van der Waals surface area contributed by atoms with Gasteiger partial charge in [-0.15, -0.1) is 11.3 Å². The molecule has 1 fully saturated rings. The molecule has 4 rings (SSSR count). The van der Waals surface area contributed by atoms with Gasteiger partial charge in [0.2, 0.25) is 5.91 Å². The number of rotatable bonds is 3. The average Bonchev–Trinajstić information content (AvgIpc) is 3.09. The van der Waals surface area contributed by atoms with Gasteiger partial charge in [-0.3, -0.25) is 14.4 Å². The molecule has 6 heteroatoms. The van der Waals surface area contributed by atoms with Crippen molar-refractivity contribution >= 4 is 17.2 Å². The highest BCUT2D eigenvalue weighted by molar-refractivity contribution is 7.10. The number of likely N-dealkylation sites (tertiary alicyclic amines) is 1. The zero-order valence-corrected chi connectivity index (χ0v) is 13.6. The smallest absolute Gasteiger partial charge is 0.237 e. The average molecular weight is 316 g/mol. The fourth-order valence-corrected chi connectivity index (χ4v) is 4.11. The summed E-state index contributed by atoms with van der Waals surface area (Å²) < 4.78 is 2.02. The number of hydrogen-bond acceptors (Lipinski definition) is 4. The first-order valence-electron chi connectivity index (χ1n) is 7.75. The lowest BCUT2D eigenvalue weighted by molar-refractivity contribution is -0.134. The zero-order valence-electron chi connectivity index (χ0n) is 12.7. The van der Waals surface area contributed by atoms with Crippen LogP contribution in [0.15, 0.2) is 23.8 Å². The molecule has 22 heavy (non-hydrogen) atoms. The van der Waals surface area contributed by atoms with Crippen molar-refractivity contribution in [3.63, 3.8) is 0 Å². The second-order valence-electron chi connectivity index (χ2n) is 6.28. The van der Waals surface area contributed by atoms with Gasteiger partial charge in [0.1, 0.15) is 0 Å². The van der Waals surface area contributed by atoms with Gasteiger partial charge in [0.25, 0.3) is 0 Å². The molecule has 1 saturated heterocycles. The Morgan fingerprint density at radius 2 is 2.32 bits per heavy atom. The Morgan fingerprint density at radius 1 is 1.45 bits per heavy atom. The summed E-state index contributed by atoms with van der Waals surface area (Å²) in [7, 11) is 0. The molecule has 0 unspecified atom stereocenters. The van der Waals surface area contributed by atoms with E-state index in [4.69, 9.17) is 0 Å². The number of carbonyl (C=O) groups excluding carboxylic acids is 1. The van der Waals surface area contributed by atoms with Gasteiger partial charge in [-0.2, -0.15) is 5.10 Å². The SMILES string of the molecule is Cc1cnn(C2CN(CC(=O)N3CCc4sccc4C3)C2)c1. The largest absolute Gasteiger partial charge is 0.337 e. The van der Waals surface area contributed by atoms with E-state index in [0.29, 0.717) is 12.6 Å². The van der Waals surface area contributed by atoms with Crippen molar-refractivity contribution in [1.29, 1.82) is 0 Å². The van der Waals surface area contributed by atoms with Crippen LogP contribution in [0.25, 0.3) is 0 Å². The number of fused-ring (bicyclic) bond motifs is 1. The Morgan fingerprint density at radius 3 is 3.09 bits per heavy atom. The molecule has 4 heterocycles. The number of nitrogens with zero attached hydrogens (tertiary/aromatic N) is 4. The lowest BCUT2D eigenvalue weighted by Gasteiger charge is -2.40. The maximum absolute atomic E-state index is 12.4. The lowest BCUT2D eigenvalue weighted by Crippen LogP contribution is -2.52. The first-order chi connectivity index (χ1) is 10.7. The van der Waals surface area contributed by atoms with Crippen LogP contribution >= 0.6 is 11.3 Å². The molecule has 0 aromatic carbocycles. The van der Waals surface area contributed by atoms with E-state index >= 15 is 0 Å². The van der Waals surface area contributed by atoms with Gasteiger partial charge in [-0.1, -0.05) is 0 Å². The molecule has 0 spiro atoms. The fourth-order valence-electron chi connectivity index (χ4n) is 3.22. The third-order valence-corrected chi connectivity index (χ3v) is 5.58. The van der Waals surface area contributed by atoms with Crippen molar-refractivity contribution in [3.8, 4) is 0 Å². The zero-order chi connectivity index (χ0) is 15.1. The molecule has 0 atom stereocenters. The summed E-state index contributed by atoms with van der Waals surface area (Å²) in [5.41, 5.74) is 2.52. The molecule has 0 saturated carbocycles. The summed E-state index contributed by atoms with van der Waals surface area (Å²) in [4.78, 5) is 18.1. The molecule has 0 N–H and O–H groups in total. The van der Waals surface area contributed by atoms with Gasteiger partial charge in [-0.05, 0) is 35.9 Å². The summed E-state index contributed by atoms with van der Waals surface area (Å²) in [6, 6.07) is 2.57. The van der Waals surface area contributed by atoms with Gasteiger partial charge in [0, 0.05) is 37.3 Å². The number of thiophene rings is 1. The van der Waals surface area contributed by atoms with Crippen molar-refractivity contribution in [2.45, 2.75) is 25.9 Å². The first kappa shape index (κ1) is 14.0. The third kappa shape index (κ3) is 2.57. The van der Waals surface area contributed by atoms with Crippen molar-refractivity contribution in [2.24, 2.45) is 0 Å². The van der Waals surface area contributed by atoms with Crippen LogP contribution in [-0.4, -0.2) is 51.7 Å². The van der Waals surface area contributed by atoms with E-state index in [1.165, 1.54) is 16.0 Å². The minimum Gasteiger partial charge on any atom is -0.337 e. The Hall–Kier alpha value is -1.66. The maximum atomic E-state index is 12.4. The number of hydrogen-bond donors (Lipinski definition) is 0. The van der Waals surface area contributed by atoms with Crippen LogP contribution in [0.2, 0.25) is 0 Å². The standard InChI is InChI=1S/C16H20N4OS/c1-12-6-17-20(7-12)14-9-18(10-14)11-16(21)19-4-2-15-13(8-19)3-5-22-15/h3,5-7,14H,2,4,8-11H2,1H3. The molecule has 0 aliphatic carbocycles. The summed E-state index contributed by atoms with van der Waals surface area (Å²) in [6.07, 6.45) is 4.97. The van der Waals surface area contributed by atoms with Crippen LogP contribution in [-0.2, 0) is 17.8 Å². The van der Waals surface area contributed by atoms with E-state index in [1.54, 1.807) is 0 Å². The highest BCUT2D eigenvalue weighted by Gasteiger charge is 2.31. The summed E-state index contributed by atoms with van der Waals surface area (Å²) in [5.74, 6) is 0.256. The highest BCUT2D eigenvalue weighted by Crippen LogP contribution is 2.25. The van der Waals surface area contributed by atoms with Crippen molar-refractivity contribution in [1.82, 2.24) is 19.6 Å². The Kier molecular flexibility index (Phi) is 3.50. The molecule has 1 amide bonds. The summed E-state index contributed by atoms with van der Waals surface area (Å²) >= 11 is 1.81. The molecule has 2 aromatic heterocycles. The maximum Gasteiger partial charge on any atom is 0.237 e. The van der Waals surface area contributed by atoms with Crippen LogP contribution in [0.5, 0.6) is 0 Å². The van der Waals surface area contributed by atoms with Gasteiger partial charge in [0.05, 0.1) is 18.8 Å². The highest BCUT2D eigenvalue weighted by atomic mass is 32.1. The van der Waals surface area contributed by atoms with Crippen LogP contribution < -0.4 is 0 Å². The molecule has 0 bridgehead atoms. The molecular formula is C16H20N4OS. The Labute approximate surface area is 134 Å². The molecule has 116 valence electrons. The number of carbonyl (C=O) groups is 1. The van der Waals surface area contributed by atoms with Crippen LogP contribution in [0.3, 0.4) is 0 Å². The molecular weight excluding hydrogens is 296 g/mol. The van der Waals surface area contributed by atoms with Crippen LogP contribution in [0.1, 0.15) is 22.0 Å². The molecule has 2 aliphatic heterocycles. The van der Waals surface area contributed by atoms with Crippen LogP contribution in [0.4, 0.5) is 0 Å². The van der Waals surface area contributed by atoms with Crippen molar-refractivity contribution in [2.75, 3.05) is 26.2 Å². The Bertz CT molecular complexity index is 686.